The summed E-state index contributed by atoms with van der Waals surface area (Å²) >= 11 is 0. The third-order valence-electron chi connectivity index (χ3n) is 8.79. The number of aryl methyl sites for hydroxylation is 1. The normalized spacial score (nSPS) is 21.1. The van der Waals surface area contributed by atoms with E-state index in [1.54, 1.807) is 0 Å². The summed E-state index contributed by atoms with van der Waals surface area (Å²) in [5.74, 6) is 2.61. The van der Waals surface area contributed by atoms with E-state index in [9.17, 15) is 9.90 Å². The van der Waals surface area contributed by atoms with Gasteiger partial charge in [-0.05, 0) is 66.6 Å². The van der Waals surface area contributed by atoms with Crippen molar-refractivity contribution >= 4 is 6.09 Å². The number of hydrogen-bond donors (Lipinski definition) is 2. The summed E-state index contributed by atoms with van der Waals surface area (Å²) in [5.41, 5.74) is 4.31. The first kappa shape index (κ1) is 33.1. The van der Waals surface area contributed by atoms with Gasteiger partial charge in [0.15, 0.2) is 17.8 Å². The van der Waals surface area contributed by atoms with Gasteiger partial charge in [0, 0.05) is 19.6 Å². The lowest BCUT2D eigenvalue weighted by atomic mass is 10.00. The number of ether oxygens (including phenoxy) is 6. The molecule has 0 spiro atoms. The van der Waals surface area contributed by atoms with Crippen molar-refractivity contribution in [2.24, 2.45) is 11.8 Å². The van der Waals surface area contributed by atoms with Gasteiger partial charge < -0.3 is 38.8 Å². The zero-order chi connectivity index (χ0) is 32.8. The van der Waals surface area contributed by atoms with Gasteiger partial charge in [-0.25, -0.2) is 4.79 Å². The quantitative estimate of drug-likeness (QED) is 0.244. The van der Waals surface area contributed by atoms with Crippen LogP contribution in [0.3, 0.4) is 0 Å². The van der Waals surface area contributed by atoms with Crippen molar-refractivity contribution in [1.29, 1.82) is 0 Å². The second kappa shape index (κ2) is 15.4. The lowest BCUT2D eigenvalue weighted by molar-refractivity contribution is -0.0907. The molecule has 1 amide bonds. The number of hydrogen-bond acceptors (Lipinski definition) is 9. The fourth-order valence-electron chi connectivity index (χ4n) is 6.51. The van der Waals surface area contributed by atoms with Crippen LogP contribution in [0.4, 0.5) is 4.79 Å². The molecule has 3 aliphatic heterocycles. The number of carbonyl (C=O) groups excluding carboxylic acids is 1. The van der Waals surface area contributed by atoms with E-state index in [1.165, 1.54) is 5.56 Å². The van der Waals surface area contributed by atoms with Gasteiger partial charge in [0.05, 0.1) is 31.3 Å². The monoisotopic (exact) mass is 646 g/mol. The molecule has 6 rings (SSSR count). The van der Waals surface area contributed by atoms with Crippen molar-refractivity contribution in [1.82, 2.24) is 10.2 Å². The molecule has 0 radical (unpaired) electrons. The van der Waals surface area contributed by atoms with Crippen LogP contribution in [0.15, 0.2) is 66.7 Å². The Balaban J connectivity index is 1.13. The zero-order valence-electron chi connectivity index (χ0n) is 27.4. The van der Waals surface area contributed by atoms with Crippen molar-refractivity contribution in [2.45, 2.75) is 71.3 Å². The van der Waals surface area contributed by atoms with Crippen LogP contribution in [0.2, 0.25) is 0 Å². The van der Waals surface area contributed by atoms with E-state index >= 15 is 0 Å². The number of nitrogens with one attached hydrogen (secondary N) is 1. The molecular weight excluding hydrogens is 600 g/mol. The number of fused-ring (bicyclic) bond motifs is 2. The minimum absolute atomic E-state index is 0.0275. The Hall–Kier alpha value is -3.83. The molecule has 0 aromatic heterocycles. The highest BCUT2D eigenvalue weighted by Gasteiger charge is 2.44. The van der Waals surface area contributed by atoms with Crippen molar-refractivity contribution in [2.75, 3.05) is 33.1 Å². The fourth-order valence-corrected chi connectivity index (χ4v) is 6.51. The van der Waals surface area contributed by atoms with Crippen molar-refractivity contribution < 1.29 is 38.3 Å². The van der Waals surface area contributed by atoms with Crippen LogP contribution in [-0.4, -0.2) is 73.7 Å². The summed E-state index contributed by atoms with van der Waals surface area (Å²) in [5, 5.41) is 14.7. The van der Waals surface area contributed by atoms with E-state index in [2.05, 4.69) is 43.1 Å². The van der Waals surface area contributed by atoms with Crippen LogP contribution in [0, 0.1) is 18.8 Å². The SMILES string of the molecule is Cc1cccc(COc2ccc(C[C@H](NC(=O)O[C@H]3CO[C@H]4OCC[C@H]43)[C@H](O)CN(Cc3ccc4c(c3)OCO4)CC(C)C)cc2)c1. The van der Waals surface area contributed by atoms with E-state index in [0.717, 1.165) is 46.9 Å². The zero-order valence-corrected chi connectivity index (χ0v) is 27.4. The Labute approximate surface area is 276 Å². The average Bonchev–Trinajstić information content (AvgIpc) is 3.79. The molecule has 47 heavy (non-hydrogen) atoms. The second-order valence-corrected chi connectivity index (χ2v) is 13.2. The number of nitrogens with zero attached hydrogens (tertiary/aromatic N) is 1. The lowest BCUT2D eigenvalue weighted by Gasteiger charge is -2.31. The maximum absolute atomic E-state index is 13.3. The van der Waals surface area contributed by atoms with Crippen LogP contribution >= 0.6 is 0 Å². The summed E-state index contributed by atoms with van der Waals surface area (Å²) in [6.07, 6.45) is -0.953. The number of rotatable bonds is 14. The number of amides is 1. The Bertz CT molecular complexity index is 1480. The molecule has 0 unspecified atom stereocenters. The standard InChI is InChI=1S/C37H46N2O8/c1-24(2)18-39(19-27-9-12-33-34(17-27)46-23-45-33)20-32(40)31(38-37(41)47-35-22-44-36-30(35)13-14-42-36)16-26-7-10-29(11-8-26)43-21-28-6-4-5-25(3)15-28/h4-12,15,17,24,30-32,35-36,40H,13-14,16,18-23H2,1-3H3,(H,38,41)/t30-,31-,32+,35-,36+/m0/s1. The van der Waals surface area contributed by atoms with Gasteiger partial charge in [-0.3, -0.25) is 4.90 Å². The summed E-state index contributed by atoms with van der Waals surface area (Å²) < 4.78 is 34.2. The second-order valence-electron chi connectivity index (χ2n) is 13.2. The van der Waals surface area contributed by atoms with Gasteiger partial charge >= 0.3 is 6.09 Å². The lowest BCUT2D eigenvalue weighted by Crippen LogP contribution is -2.50. The minimum Gasteiger partial charge on any atom is -0.489 e. The summed E-state index contributed by atoms with van der Waals surface area (Å²) in [4.78, 5) is 15.5. The first-order valence-electron chi connectivity index (χ1n) is 16.6. The van der Waals surface area contributed by atoms with E-state index in [1.807, 2.05) is 54.6 Å². The van der Waals surface area contributed by atoms with Crippen LogP contribution < -0.4 is 19.5 Å². The fraction of sp³-hybridized carbons (Fsp3) is 0.486. The Morgan fingerprint density at radius 1 is 0.979 bits per heavy atom. The molecule has 0 bridgehead atoms. The van der Waals surface area contributed by atoms with Crippen molar-refractivity contribution in [3.63, 3.8) is 0 Å². The third kappa shape index (κ3) is 8.96. The van der Waals surface area contributed by atoms with E-state index in [4.69, 9.17) is 28.4 Å². The molecule has 252 valence electrons. The van der Waals surface area contributed by atoms with Crippen molar-refractivity contribution in [3.8, 4) is 17.2 Å². The Morgan fingerprint density at radius 3 is 2.60 bits per heavy atom. The highest BCUT2D eigenvalue weighted by atomic mass is 16.7. The topological polar surface area (TPSA) is 108 Å². The number of carbonyl (C=O) groups is 1. The predicted molar refractivity (Wildman–Crippen MR) is 175 cm³/mol. The van der Waals surface area contributed by atoms with Crippen molar-refractivity contribution in [3.05, 3.63) is 89.0 Å². The van der Waals surface area contributed by atoms with E-state index in [0.29, 0.717) is 45.2 Å². The first-order chi connectivity index (χ1) is 22.8. The first-order valence-corrected chi connectivity index (χ1v) is 16.6. The molecule has 3 aromatic carbocycles. The molecule has 3 aromatic rings. The largest absolute Gasteiger partial charge is 0.489 e. The van der Waals surface area contributed by atoms with Crippen LogP contribution in [0.25, 0.3) is 0 Å². The minimum atomic E-state index is -0.880. The van der Waals surface area contributed by atoms with Gasteiger partial charge in [-0.1, -0.05) is 61.9 Å². The molecular formula is C37H46N2O8. The van der Waals surface area contributed by atoms with Gasteiger partial charge in [0.1, 0.15) is 18.5 Å². The maximum atomic E-state index is 13.3. The highest BCUT2D eigenvalue weighted by Crippen LogP contribution is 2.34. The maximum Gasteiger partial charge on any atom is 0.407 e. The number of aliphatic hydroxyl groups excluding tert-OH is 1. The van der Waals surface area contributed by atoms with E-state index < -0.39 is 18.2 Å². The Morgan fingerprint density at radius 2 is 1.79 bits per heavy atom. The molecule has 3 aliphatic rings. The van der Waals surface area contributed by atoms with Gasteiger partial charge in [0.25, 0.3) is 0 Å². The number of benzene rings is 3. The van der Waals surface area contributed by atoms with Crippen LogP contribution in [0.1, 0.15) is 42.5 Å². The van der Waals surface area contributed by atoms with Gasteiger partial charge in [-0.2, -0.15) is 0 Å². The molecule has 0 aliphatic carbocycles. The molecule has 0 saturated carbocycles. The molecule has 5 atom stereocenters. The van der Waals surface area contributed by atoms with Crippen LogP contribution in [0.5, 0.6) is 17.2 Å². The average molecular weight is 647 g/mol. The van der Waals surface area contributed by atoms with Crippen LogP contribution in [-0.2, 0) is 33.8 Å². The predicted octanol–water partition coefficient (Wildman–Crippen LogP) is 5.22. The highest BCUT2D eigenvalue weighted by molar-refractivity contribution is 5.68. The third-order valence-corrected chi connectivity index (χ3v) is 8.79. The van der Waals surface area contributed by atoms with Gasteiger partial charge in [0.2, 0.25) is 6.79 Å². The number of alkyl carbamates (subject to hydrolysis) is 1. The summed E-state index contributed by atoms with van der Waals surface area (Å²) in [7, 11) is 0. The Kier molecular flexibility index (Phi) is 10.8. The summed E-state index contributed by atoms with van der Waals surface area (Å²) in [6, 6.07) is 21.4. The van der Waals surface area contributed by atoms with E-state index in [-0.39, 0.29) is 25.1 Å². The molecule has 10 nitrogen and oxygen atoms in total. The summed E-state index contributed by atoms with van der Waals surface area (Å²) in [6.45, 7) is 9.68. The molecule has 2 N–H and O–H groups in total. The molecule has 10 heteroatoms. The smallest absolute Gasteiger partial charge is 0.407 e. The molecule has 2 fully saturated rings. The number of aliphatic hydroxyl groups is 1. The molecule has 3 heterocycles. The van der Waals surface area contributed by atoms with Gasteiger partial charge in [-0.15, -0.1) is 0 Å². The molecule has 2 saturated heterocycles.